The van der Waals surface area contributed by atoms with Crippen LogP contribution in [0.4, 0.5) is 13.2 Å². The molecular weight excluding hydrogens is 271 g/mol. The fraction of sp³-hybridized carbons (Fsp3) is 0.538. The van der Waals surface area contributed by atoms with Crippen molar-refractivity contribution < 1.29 is 18.0 Å². The van der Waals surface area contributed by atoms with E-state index in [1.807, 2.05) is 0 Å². The quantitative estimate of drug-likeness (QED) is 0.905. The molecule has 20 heavy (non-hydrogen) atoms. The Morgan fingerprint density at radius 3 is 2.55 bits per heavy atom. The molecule has 2 heterocycles. The van der Waals surface area contributed by atoms with Gasteiger partial charge in [-0.05, 0) is 37.5 Å². The number of rotatable bonds is 2. The molecule has 110 valence electrons. The van der Waals surface area contributed by atoms with E-state index in [9.17, 15) is 18.0 Å². The maximum absolute atomic E-state index is 12.9. The van der Waals surface area contributed by atoms with Gasteiger partial charge >= 0.3 is 6.18 Å². The van der Waals surface area contributed by atoms with Crippen LogP contribution in [0.1, 0.15) is 31.4 Å². The smallest absolute Gasteiger partial charge is 0.334 e. The van der Waals surface area contributed by atoms with Gasteiger partial charge in [0, 0.05) is 18.9 Å². The predicted octanol–water partition coefficient (Wildman–Crippen LogP) is 2.02. The number of halogens is 3. The predicted molar refractivity (Wildman–Crippen MR) is 66.6 cm³/mol. The van der Waals surface area contributed by atoms with E-state index >= 15 is 0 Å². The van der Waals surface area contributed by atoms with E-state index in [0.717, 1.165) is 12.5 Å². The number of hydrogen-bond acceptors (Lipinski definition) is 3. The Balaban J connectivity index is 2.26. The molecule has 7 heteroatoms. The van der Waals surface area contributed by atoms with Crippen molar-refractivity contribution in [1.29, 1.82) is 0 Å². The summed E-state index contributed by atoms with van der Waals surface area (Å²) in [6.07, 6.45) is -0.366. The summed E-state index contributed by atoms with van der Waals surface area (Å²) in [5.74, 6) is -1.08. The molecule has 1 fully saturated rings. The highest BCUT2D eigenvalue weighted by Gasteiger charge is 2.56. The Morgan fingerprint density at radius 2 is 2.00 bits per heavy atom. The van der Waals surface area contributed by atoms with Crippen LogP contribution in [0.5, 0.6) is 0 Å². The van der Waals surface area contributed by atoms with E-state index in [0.29, 0.717) is 12.8 Å². The minimum Gasteiger partial charge on any atom is -0.334 e. The second-order valence-corrected chi connectivity index (χ2v) is 5.14. The Hall–Kier alpha value is -1.63. The fourth-order valence-corrected chi connectivity index (χ4v) is 2.36. The van der Waals surface area contributed by atoms with Crippen molar-refractivity contribution in [3.8, 4) is 0 Å². The molecule has 1 aromatic heterocycles. The number of amides is 1. The molecule has 2 unspecified atom stereocenters. The molecule has 0 aromatic carbocycles. The average molecular weight is 287 g/mol. The van der Waals surface area contributed by atoms with Crippen LogP contribution < -0.4 is 5.73 Å². The van der Waals surface area contributed by atoms with Crippen LogP contribution in [-0.2, 0) is 4.79 Å². The summed E-state index contributed by atoms with van der Waals surface area (Å²) in [6, 6.07) is 3.05. The van der Waals surface area contributed by atoms with Crippen LogP contribution in [0.3, 0.4) is 0 Å². The van der Waals surface area contributed by atoms with Gasteiger partial charge in [0.15, 0.2) is 5.54 Å². The highest BCUT2D eigenvalue weighted by Crippen LogP contribution is 2.37. The van der Waals surface area contributed by atoms with Gasteiger partial charge in [0.1, 0.15) is 0 Å². The summed E-state index contributed by atoms with van der Waals surface area (Å²) in [5.41, 5.74) is 3.15. The van der Waals surface area contributed by atoms with Crippen LogP contribution in [-0.4, -0.2) is 34.1 Å². The zero-order chi connectivity index (χ0) is 15.0. The maximum Gasteiger partial charge on any atom is 0.415 e. The molecule has 1 aliphatic heterocycles. The van der Waals surface area contributed by atoms with Crippen molar-refractivity contribution in [1.82, 2.24) is 9.88 Å². The molecule has 0 aliphatic carbocycles. The van der Waals surface area contributed by atoms with Crippen molar-refractivity contribution in [3.05, 3.63) is 30.1 Å². The summed E-state index contributed by atoms with van der Waals surface area (Å²) in [4.78, 5) is 17.3. The van der Waals surface area contributed by atoms with E-state index in [1.165, 1.54) is 4.90 Å². The molecule has 0 radical (unpaired) electrons. The van der Waals surface area contributed by atoms with Gasteiger partial charge in [0.25, 0.3) is 5.91 Å². The van der Waals surface area contributed by atoms with Crippen LogP contribution >= 0.6 is 0 Å². The lowest BCUT2D eigenvalue weighted by Crippen LogP contribution is -2.62. The normalized spacial score (nSPS) is 22.6. The lowest BCUT2D eigenvalue weighted by atomic mass is 9.99. The van der Waals surface area contributed by atoms with Crippen molar-refractivity contribution in [2.45, 2.75) is 37.5 Å². The van der Waals surface area contributed by atoms with E-state index in [4.69, 9.17) is 5.73 Å². The number of nitrogens with two attached hydrogens (primary N) is 1. The minimum atomic E-state index is -4.77. The highest BCUT2D eigenvalue weighted by molar-refractivity contribution is 5.87. The van der Waals surface area contributed by atoms with E-state index in [2.05, 4.69) is 4.98 Å². The standard InChI is InChI=1S/C13H16F3N3O/c1-12(17,13(14,15)16)11(20)19-8-2-3-10(19)9-4-6-18-7-5-9/h4-7,10H,2-3,8,17H2,1H3. The summed E-state index contributed by atoms with van der Waals surface area (Å²) in [7, 11) is 0. The van der Waals surface area contributed by atoms with Gasteiger partial charge in [-0.3, -0.25) is 9.78 Å². The number of pyridine rings is 1. The van der Waals surface area contributed by atoms with Gasteiger partial charge in [0.2, 0.25) is 0 Å². The Bertz CT molecular complexity index is 487. The number of alkyl halides is 3. The molecule has 4 nitrogen and oxygen atoms in total. The first kappa shape index (κ1) is 14.8. The molecule has 1 saturated heterocycles. The second-order valence-electron chi connectivity index (χ2n) is 5.14. The summed E-state index contributed by atoms with van der Waals surface area (Å²) in [6.45, 7) is 1.01. The first-order valence-corrected chi connectivity index (χ1v) is 6.32. The first-order valence-electron chi connectivity index (χ1n) is 6.32. The van der Waals surface area contributed by atoms with Crippen molar-refractivity contribution in [2.24, 2.45) is 5.73 Å². The lowest BCUT2D eigenvalue weighted by molar-refractivity contribution is -0.194. The van der Waals surface area contributed by atoms with Crippen LogP contribution in [0, 0.1) is 0 Å². The van der Waals surface area contributed by atoms with Crippen LogP contribution in [0.25, 0.3) is 0 Å². The third-order valence-corrected chi connectivity index (χ3v) is 3.64. The number of hydrogen-bond donors (Lipinski definition) is 1. The minimum absolute atomic E-state index is 0.286. The molecule has 0 spiro atoms. The van der Waals surface area contributed by atoms with E-state index < -0.39 is 17.6 Å². The largest absolute Gasteiger partial charge is 0.415 e. The molecule has 1 aromatic rings. The van der Waals surface area contributed by atoms with Gasteiger partial charge in [-0.25, -0.2) is 0 Å². The maximum atomic E-state index is 12.9. The second kappa shape index (κ2) is 5.05. The number of aromatic nitrogens is 1. The summed E-state index contributed by atoms with van der Waals surface area (Å²) >= 11 is 0. The molecule has 0 bridgehead atoms. The van der Waals surface area contributed by atoms with Gasteiger partial charge < -0.3 is 10.6 Å². The zero-order valence-electron chi connectivity index (χ0n) is 11.0. The summed E-state index contributed by atoms with van der Waals surface area (Å²) in [5, 5.41) is 0. The molecule has 1 amide bonds. The van der Waals surface area contributed by atoms with Crippen LogP contribution in [0.15, 0.2) is 24.5 Å². The monoisotopic (exact) mass is 287 g/mol. The van der Waals surface area contributed by atoms with Gasteiger partial charge in [-0.1, -0.05) is 0 Å². The molecule has 1 aliphatic rings. The SMILES string of the molecule is CC(N)(C(=O)N1CCCC1c1ccncc1)C(F)(F)F. The fourth-order valence-electron chi connectivity index (χ4n) is 2.36. The molecule has 2 rings (SSSR count). The van der Waals surface area contributed by atoms with Gasteiger partial charge in [0.05, 0.1) is 6.04 Å². The first-order chi connectivity index (χ1) is 9.25. The highest BCUT2D eigenvalue weighted by atomic mass is 19.4. The van der Waals surface area contributed by atoms with Crippen molar-refractivity contribution >= 4 is 5.91 Å². The number of likely N-dealkylation sites (tertiary alicyclic amines) is 1. The van der Waals surface area contributed by atoms with Gasteiger partial charge in [-0.15, -0.1) is 0 Å². The molecule has 0 saturated carbocycles. The zero-order valence-corrected chi connectivity index (χ0v) is 11.0. The number of carbonyl (C=O) groups is 1. The Morgan fingerprint density at radius 1 is 1.40 bits per heavy atom. The third kappa shape index (κ3) is 2.49. The third-order valence-electron chi connectivity index (χ3n) is 3.64. The van der Waals surface area contributed by atoms with E-state index in [1.54, 1.807) is 24.5 Å². The lowest BCUT2D eigenvalue weighted by Gasteiger charge is -2.34. The van der Waals surface area contributed by atoms with Crippen LogP contribution in [0.2, 0.25) is 0 Å². The number of nitrogens with zero attached hydrogens (tertiary/aromatic N) is 2. The van der Waals surface area contributed by atoms with Crippen molar-refractivity contribution in [3.63, 3.8) is 0 Å². The topological polar surface area (TPSA) is 59.2 Å². The Kier molecular flexibility index (Phi) is 3.73. The molecule has 2 N–H and O–H groups in total. The van der Waals surface area contributed by atoms with Gasteiger partial charge in [-0.2, -0.15) is 13.2 Å². The Labute approximate surface area is 114 Å². The average Bonchev–Trinajstić information content (AvgIpc) is 2.86. The molecule has 2 atom stereocenters. The summed E-state index contributed by atoms with van der Waals surface area (Å²) < 4.78 is 38.7. The van der Waals surface area contributed by atoms with Crippen molar-refractivity contribution in [2.75, 3.05) is 6.54 Å². The number of carbonyl (C=O) groups excluding carboxylic acids is 1. The molecular formula is C13H16F3N3O. The van der Waals surface area contributed by atoms with E-state index in [-0.39, 0.29) is 12.6 Å².